The molecule has 1 N–H and O–H groups in total. The van der Waals surface area contributed by atoms with Gasteiger partial charge in [-0.2, -0.15) is 0 Å². The lowest BCUT2D eigenvalue weighted by Crippen LogP contribution is -2.45. The van der Waals surface area contributed by atoms with E-state index in [0.717, 1.165) is 32.5 Å². The highest BCUT2D eigenvalue weighted by Gasteiger charge is 2.34. The van der Waals surface area contributed by atoms with Crippen LogP contribution in [0.2, 0.25) is 0 Å². The summed E-state index contributed by atoms with van der Waals surface area (Å²) >= 11 is 0. The van der Waals surface area contributed by atoms with Crippen molar-refractivity contribution >= 4 is 5.91 Å². The molecular formula is C17H32N2O. The van der Waals surface area contributed by atoms with Crippen molar-refractivity contribution in [1.29, 1.82) is 0 Å². The quantitative estimate of drug-likeness (QED) is 0.725. The SMILES string of the molecule is CCCCCCCC(=O)N1CCCC1C1CCCNC1. The Morgan fingerprint density at radius 2 is 2.00 bits per heavy atom. The Hall–Kier alpha value is -0.570. The first-order valence-corrected chi connectivity index (χ1v) is 8.83. The van der Waals surface area contributed by atoms with Gasteiger partial charge in [-0.25, -0.2) is 0 Å². The lowest BCUT2D eigenvalue weighted by Gasteiger charge is -2.34. The smallest absolute Gasteiger partial charge is 0.222 e. The van der Waals surface area contributed by atoms with E-state index in [9.17, 15) is 4.79 Å². The lowest BCUT2D eigenvalue weighted by atomic mass is 9.90. The molecular weight excluding hydrogens is 248 g/mol. The van der Waals surface area contributed by atoms with E-state index in [1.165, 1.54) is 51.4 Å². The van der Waals surface area contributed by atoms with Gasteiger partial charge in [0.15, 0.2) is 0 Å². The topological polar surface area (TPSA) is 32.3 Å². The van der Waals surface area contributed by atoms with E-state index >= 15 is 0 Å². The van der Waals surface area contributed by atoms with Crippen molar-refractivity contribution in [2.75, 3.05) is 19.6 Å². The molecule has 0 aliphatic carbocycles. The average Bonchev–Trinajstić information content (AvgIpc) is 2.97. The second-order valence-electron chi connectivity index (χ2n) is 6.57. The third-order valence-electron chi connectivity index (χ3n) is 4.99. The Kier molecular flexibility index (Phi) is 6.85. The van der Waals surface area contributed by atoms with Crippen molar-refractivity contribution in [3.63, 3.8) is 0 Å². The van der Waals surface area contributed by atoms with E-state index in [0.29, 0.717) is 17.9 Å². The minimum absolute atomic E-state index is 0.426. The molecule has 1 amide bonds. The van der Waals surface area contributed by atoms with Gasteiger partial charge in [0, 0.05) is 19.0 Å². The number of nitrogens with zero attached hydrogens (tertiary/aromatic N) is 1. The molecule has 2 saturated heterocycles. The van der Waals surface area contributed by atoms with E-state index < -0.39 is 0 Å². The fourth-order valence-electron chi connectivity index (χ4n) is 3.82. The summed E-state index contributed by atoms with van der Waals surface area (Å²) in [6.45, 7) is 5.52. The van der Waals surface area contributed by atoms with Crippen LogP contribution in [0.4, 0.5) is 0 Å². The fourth-order valence-corrected chi connectivity index (χ4v) is 3.82. The summed E-state index contributed by atoms with van der Waals surface area (Å²) in [6, 6.07) is 0.533. The zero-order valence-electron chi connectivity index (χ0n) is 13.2. The zero-order chi connectivity index (χ0) is 14.2. The molecule has 3 nitrogen and oxygen atoms in total. The number of unbranched alkanes of at least 4 members (excludes halogenated alkanes) is 4. The minimum Gasteiger partial charge on any atom is -0.339 e. The van der Waals surface area contributed by atoms with Crippen LogP contribution < -0.4 is 5.32 Å². The number of hydrogen-bond donors (Lipinski definition) is 1. The van der Waals surface area contributed by atoms with Crippen LogP contribution in [0.3, 0.4) is 0 Å². The Bertz CT molecular complexity index is 287. The second-order valence-corrected chi connectivity index (χ2v) is 6.57. The number of carbonyl (C=O) groups is 1. The number of carbonyl (C=O) groups excluding carboxylic acids is 1. The summed E-state index contributed by atoms with van der Waals surface area (Å²) in [7, 11) is 0. The molecule has 2 aliphatic rings. The van der Waals surface area contributed by atoms with E-state index in [1.54, 1.807) is 0 Å². The van der Waals surface area contributed by atoms with Crippen LogP contribution in [0.5, 0.6) is 0 Å². The standard InChI is InChI=1S/C17H32N2O/c1-2-3-4-5-6-11-17(20)19-13-8-10-16(19)15-9-7-12-18-14-15/h15-16,18H,2-14H2,1H3. The number of hydrogen-bond acceptors (Lipinski definition) is 2. The van der Waals surface area contributed by atoms with Gasteiger partial charge in [-0.05, 0) is 51.1 Å². The highest BCUT2D eigenvalue weighted by Crippen LogP contribution is 2.29. The molecule has 2 rings (SSSR count). The van der Waals surface area contributed by atoms with Gasteiger partial charge in [-0.3, -0.25) is 4.79 Å². The maximum atomic E-state index is 12.4. The molecule has 2 fully saturated rings. The van der Waals surface area contributed by atoms with Crippen LogP contribution in [-0.2, 0) is 4.79 Å². The summed E-state index contributed by atoms with van der Waals surface area (Å²) in [6.07, 6.45) is 12.0. The molecule has 0 spiro atoms. The largest absolute Gasteiger partial charge is 0.339 e. The van der Waals surface area contributed by atoms with E-state index in [4.69, 9.17) is 0 Å². The van der Waals surface area contributed by atoms with Crippen molar-refractivity contribution in [1.82, 2.24) is 10.2 Å². The van der Waals surface area contributed by atoms with E-state index in [1.807, 2.05) is 0 Å². The molecule has 3 heteroatoms. The molecule has 0 aromatic carbocycles. The first-order chi connectivity index (χ1) is 9.83. The second kappa shape index (κ2) is 8.66. The van der Waals surface area contributed by atoms with Crippen LogP contribution >= 0.6 is 0 Å². The number of likely N-dealkylation sites (tertiary alicyclic amines) is 1. The van der Waals surface area contributed by atoms with Crippen LogP contribution in [-0.4, -0.2) is 36.5 Å². The number of nitrogens with one attached hydrogen (secondary N) is 1. The van der Waals surface area contributed by atoms with Gasteiger partial charge in [0.1, 0.15) is 0 Å². The van der Waals surface area contributed by atoms with Crippen LogP contribution in [0.15, 0.2) is 0 Å². The Morgan fingerprint density at radius 1 is 1.15 bits per heavy atom. The van der Waals surface area contributed by atoms with E-state index in [-0.39, 0.29) is 0 Å². The van der Waals surface area contributed by atoms with Gasteiger partial charge in [-0.15, -0.1) is 0 Å². The highest BCUT2D eigenvalue weighted by atomic mass is 16.2. The molecule has 116 valence electrons. The van der Waals surface area contributed by atoms with Gasteiger partial charge < -0.3 is 10.2 Å². The summed E-state index contributed by atoms with van der Waals surface area (Å²) in [5.74, 6) is 1.13. The average molecular weight is 280 g/mol. The lowest BCUT2D eigenvalue weighted by molar-refractivity contribution is -0.133. The maximum Gasteiger partial charge on any atom is 0.222 e. The van der Waals surface area contributed by atoms with Gasteiger partial charge in [0.25, 0.3) is 0 Å². The monoisotopic (exact) mass is 280 g/mol. The van der Waals surface area contributed by atoms with Crippen molar-refractivity contribution in [3.8, 4) is 0 Å². The first-order valence-electron chi connectivity index (χ1n) is 8.83. The van der Waals surface area contributed by atoms with Crippen LogP contribution in [0.25, 0.3) is 0 Å². The van der Waals surface area contributed by atoms with Crippen LogP contribution in [0, 0.1) is 5.92 Å². The third-order valence-corrected chi connectivity index (χ3v) is 4.99. The zero-order valence-corrected chi connectivity index (χ0v) is 13.2. The van der Waals surface area contributed by atoms with Gasteiger partial charge in [0.05, 0.1) is 0 Å². The summed E-state index contributed by atoms with van der Waals surface area (Å²) in [4.78, 5) is 14.7. The van der Waals surface area contributed by atoms with Gasteiger partial charge in [-0.1, -0.05) is 32.6 Å². The van der Waals surface area contributed by atoms with E-state index in [2.05, 4.69) is 17.1 Å². The molecule has 2 unspecified atom stereocenters. The molecule has 2 atom stereocenters. The fraction of sp³-hybridized carbons (Fsp3) is 0.941. The van der Waals surface area contributed by atoms with Gasteiger partial charge in [0.2, 0.25) is 5.91 Å². The molecule has 2 aliphatic heterocycles. The molecule has 0 radical (unpaired) electrons. The summed E-state index contributed by atoms with van der Waals surface area (Å²) in [5.41, 5.74) is 0. The number of amides is 1. The molecule has 0 aromatic rings. The highest BCUT2D eigenvalue weighted by molar-refractivity contribution is 5.76. The molecule has 0 saturated carbocycles. The molecule has 20 heavy (non-hydrogen) atoms. The summed E-state index contributed by atoms with van der Waals surface area (Å²) < 4.78 is 0. The van der Waals surface area contributed by atoms with Crippen molar-refractivity contribution in [2.24, 2.45) is 5.92 Å². The van der Waals surface area contributed by atoms with Crippen molar-refractivity contribution in [3.05, 3.63) is 0 Å². The Morgan fingerprint density at radius 3 is 2.75 bits per heavy atom. The Labute approximate surface area is 124 Å². The van der Waals surface area contributed by atoms with Crippen LogP contribution in [0.1, 0.15) is 71.1 Å². The predicted octanol–water partition coefficient (Wildman–Crippen LogP) is 3.34. The normalized spacial score (nSPS) is 26.9. The number of piperidine rings is 1. The molecule has 0 bridgehead atoms. The molecule has 0 aromatic heterocycles. The minimum atomic E-state index is 0.426. The first kappa shape index (κ1) is 15.8. The predicted molar refractivity (Wildman–Crippen MR) is 83.7 cm³/mol. The number of rotatable bonds is 7. The third kappa shape index (κ3) is 4.47. The summed E-state index contributed by atoms with van der Waals surface area (Å²) in [5, 5.41) is 3.50. The Balaban J connectivity index is 1.73. The van der Waals surface area contributed by atoms with Gasteiger partial charge >= 0.3 is 0 Å². The van der Waals surface area contributed by atoms with Crippen molar-refractivity contribution < 1.29 is 4.79 Å². The van der Waals surface area contributed by atoms with Crippen molar-refractivity contribution in [2.45, 2.75) is 77.2 Å². The molecule has 2 heterocycles. The maximum absolute atomic E-state index is 12.4.